The van der Waals surface area contributed by atoms with Gasteiger partial charge in [0.2, 0.25) is 0 Å². The summed E-state index contributed by atoms with van der Waals surface area (Å²) in [6, 6.07) is 15.9. The van der Waals surface area contributed by atoms with Crippen LogP contribution in [0.5, 0.6) is 0 Å². The summed E-state index contributed by atoms with van der Waals surface area (Å²) in [7, 11) is -1.37. The van der Waals surface area contributed by atoms with Crippen molar-refractivity contribution in [3.8, 4) is 0 Å². The fourth-order valence-electron chi connectivity index (χ4n) is 2.12. The van der Waals surface area contributed by atoms with Crippen molar-refractivity contribution in [1.29, 1.82) is 0 Å². The van der Waals surface area contributed by atoms with Crippen LogP contribution in [-0.2, 0) is 9.84 Å². The van der Waals surface area contributed by atoms with E-state index in [1.807, 2.05) is 42.3 Å². The highest BCUT2D eigenvalue weighted by Gasteiger charge is 2.11. The Morgan fingerprint density at radius 1 is 1.09 bits per heavy atom. The smallest absolute Gasteiger partial charge is 0.251 e. The molecule has 6 heteroatoms. The van der Waals surface area contributed by atoms with Crippen LogP contribution in [0.4, 0.5) is 5.69 Å². The van der Waals surface area contributed by atoms with Crippen molar-refractivity contribution in [2.75, 3.05) is 31.3 Å². The van der Waals surface area contributed by atoms with Crippen LogP contribution in [0.2, 0.25) is 0 Å². The largest absolute Gasteiger partial charge is 0.373 e. The maximum Gasteiger partial charge on any atom is 0.251 e. The van der Waals surface area contributed by atoms with Crippen LogP contribution in [0.1, 0.15) is 10.4 Å². The monoisotopic (exact) mass is 332 g/mol. The number of sulfone groups is 1. The quantitative estimate of drug-likeness (QED) is 0.878. The average Bonchev–Trinajstić information content (AvgIpc) is 2.54. The maximum absolute atomic E-state index is 12.1. The van der Waals surface area contributed by atoms with E-state index in [9.17, 15) is 13.2 Å². The van der Waals surface area contributed by atoms with Crippen LogP contribution in [0.25, 0.3) is 0 Å². The predicted molar refractivity (Wildman–Crippen MR) is 91.6 cm³/mol. The molecule has 5 nitrogen and oxygen atoms in total. The number of para-hydroxylation sites is 1. The van der Waals surface area contributed by atoms with Gasteiger partial charge in [-0.15, -0.1) is 0 Å². The molecule has 0 aromatic heterocycles. The number of benzene rings is 2. The summed E-state index contributed by atoms with van der Waals surface area (Å²) < 4.78 is 23.1. The van der Waals surface area contributed by atoms with Gasteiger partial charge in [0.05, 0.1) is 4.90 Å². The van der Waals surface area contributed by atoms with Gasteiger partial charge in [0.25, 0.3) is 5.91 Å². The van der Waals surface area contributed by atoms with Gasteiger partial charge in [-0.05, 0) is 30.3 Å². The van der Waals surface area contributed by atoms with Crippen LogP contribution >= 0.6 is 0 Å². The fourth-order valence-corrected chi connectivity index (χ4v) is 2.79. The van der Waals surface area contributed by atoms with E-state index >= 15 is 0 Å². The Hall–Kier alpha value is -2.34. The lowest BCUT2D eigenvalue weighted by Gasteiger charge is -2.19. The lowest BCUT2D eigenvalue weighted by Crippen LogP contribution is -2.33. The number of nitrogens with zero attached hydrogens (tertiary/aromatic N) is 1. The minimum atomic E-state index is -3.32. The Morgan fingerprint density at radius 2 is 1.78 bits per heavy atom. The molecule has 1 amide bonds. The van der Waals surface area contributed by atoms with Crippen molar-refractivity contribution in [3.05, 3.63) is 60.2 Å². The third-order valence-corrected chi connectivity index (χ3v) is 4.56. The zero-order chi connectivity index (χ0) is 16.9. The van der Waals surface area contributed by atoms with Crippen LogP contribution in [-0.4, -0.2) is 40.7 Å². The number of rotatable bonds is 6. The van der Waals surface area contributed by atoms with E-state index in [1.165, 1.54) is 12.1 Å². The molecular formula is C17H20N2O3S. The lowest BCUT2D eigenvalue weighted by atomic mass is 10.2. The van der Waals surface area contributed by atoms with Crippen molar-refractivity contribution in [3.63, 3.8) is 0 Å². The van der Waals surface area contributed by atoms with Crippen molar-refractivity contribution in [2.45, 2.75) is 4.90 Å². The molecule has 2 rings (SSSR count). The number of carbonyl (C=O) groups is 1. The standard InChI is InChI=1S/C17H20N2O3S/c1-19(15-8-4-3-5-9-15)12-11-18-17(20)14-7-6-10-16(13-14)23(2,21)22/h3-10,13H,11-12H2,1-2H3,(H,18,20). The molecule has 0 atom stereocenters. The second kappa shape index (κ2) is 7.28. The SMILES string of the molecule is CN(CCNC(=O)c1cccc(S(C)(=O)=O)c1)c1ccccc1. The molecule has 0 aliphatic rings. The topological polar surface area (TPSA) is 66.5 Å². The van der Waals surface area contributed by atoms with Gasteiger partial charge in [0.1, 0.15) is 0 Å². The van der Waals surface area contributed by atoms with Gasteiger partial charge in [-0.1, -0.05) is 24.3 Å². The van der Waals surface area contributed by atoms with E-state index in [0.29, 0.717) is 18.7 Å². The second-order valence-corrected chi connectivity index (χ2v) is 7.33. The van der Waals surface area contributed by atoms with Gasteiger partial charge in [0.15, 0.2) is 9.84 Å². The van der Waals surface area contributed by atoms with E-state index in [1.54, 1.807) is 12.1 Å². The Morgan fingerprint density at radius 3 is 2.43 bits per heavy atom. The minimum Gasteiger partial charge on any atom is -0.373 e. The molecule has 0 aliphatic carbocycles. The van der Waals surface area contributed by atoms with Gasteiger partial charge < -0.3 is 10.2 Å². The highest BCUT2D eigenvalue weighted by molar-refractivity contribution is 7.90. The number of nitrogens with one attached hydrogen (secondary N) is 1. The van der Waals surface area contributed by atoms with E-state index in [4.69, 9.17) is 0 Å². The Bertz CT molecular complexity index is 773. The van der Waals surface area contributed by atoms with E-state index in [0.717, 1.165) is 11.9 Å². The predicted octanol–water partition coefficient (Wildman–Crippen LogP) is 1.96. The van der Waals surface area contributed by atoms with Crippen LogP contribution in [0.3, 0.4) is 0 Å². The van der Waals surface area contributed by atoms with Crippen molar-refractivity contribution in [1.82, 2.24) is 5.32 Å². The number of likely N-dealkylation sites (N-methyl/N-ethyl adjacent to an activating group) is 1. The molecule has 0 aliphatic heterocycles. The molecule has 2 aromatic carbocycles. The molecule has 0 heterocycles. The molecular weight excluding hydrogens is 312 g/mol. The first-order valence-electron chi connectivity index (χ1n) is 7.22. The molecule has 0 spiro atoms. The summed E-state index contributed by atoms with van der Waals surface area (Å²) in [4.78, 5) is 14.3. The summed E-state index contributed by atoms with van der Waals surface area (Å²) in [5, 5.41) is 2.80. The third-order valence-electron chi connectivity index (χ3n) is 3.45. The maximum atomic E-state index is 12.1. The fraction of sp³-hybridized carbons (Fsp3) is 0.235. The van der Waals surface area contributed by atoms with Crippen molar-refractivity contribution >= 4 is 21.4 Å². The second-order valence-electron chi connectivity index (χ2n) is 5.31. The molecule has 0 saturated heterocycles. The first kappa shape index (κ1) is 17.0. The van der Waals surface area contributed by atoms with Crippen LogP contribution < -0.4 is 10.2 Å². The molecule has 2 aromatic rings. The Balaban J connectivity index is 1.93. The van der Waals surface area contributed by atoms with Gasteiger partial charge in [0, 0.05) is 37.6 Å². The molecule has 0 saturated carbocycles. The van der Waals surface area contributed by atoms with E-state index < -0.39 is 9.84 Å². The summed E-state index contributed by atoms with van der Waals surface area (Å²) in [5.41, 5.74) is 1.41. The summed E-state index contributed by atoms with van der Waals surface area (Å²) in [6.07, 6.45) is 1.12. The number of anilines is 1. The number of hydrogen-bond acceptors (Lipinski definition) is 4. The first-order chi connectivity index (χ1) is 10.9. The third kappa shape index (κ3) is 4.82. The minimum absolute atomic E-state index is 0.145. The molecule has 0 radical (unpaired) electrons. The lowest BCUT2D eigenvalue weighted by molar-refractivity contribution is 0.0954. The summed E-state index contributed by atoms with van der Waals surface area (Å²) in [6.45, 7) is 1.12. The number of carbonyl (C=O) groups excluding carboxylic acids is 1. The molecule has 1 N–H and O–H groups in total. The highest BCUT2D eigenvalue weighted by Crippen LogP contribution is 2.12. The van der Waals surface area contributed by atoms with Gasteiger partial charge in [-0.3, -0.25) is 4.79 Å². The van der Waals surface area contributed by atoms with E-state index in [2.05, 4.69) is 5.32 Å². The summed E-state index contributed by atoms with van der Waals surface area (Å²) >= 11 is 0. The van der Waals surface area contributed by atoms with Crippen LogP contribution in [0.15, 0.2) is 59.5 Å². The molecule has 23 heavy (non-hydrogen) atoms. The molecule has 0 fully saturated rings. The van der Waals surface area contributed by atoms with Gasteiger partial charge in [-0.25, -0.2) is 8.42 Å². The van der Waals surface area contributed by atoms with Crippen LogP contribution in [0, 0.1) is 0 Å². The number of hydrogen-bond donors (Lipinski definition) is 1. The van der Waals surface area contributed by atoms with E-state index in [-0.39, 0.29) is 10.8 Å². The van der Waals surface area contributed by atoms with Crippen molar-refractivity contribution in [2.24, 2.45) is 0 Å². The summed E-state index contributed by atoms with van der Waals surface area (Å²) in [5.74, 6) is -0.281. The molecule has 122 valence electrons. The first-order valence-corrected chi connectivity index (χ1v) is 9.11. The Labute approximate surface area is 136 Å². The zero-order valence-corrected chi connectivity index (χ0v) is 14.0. The Kier molecular flexibility index (Phi) is 5.39. The van der Waals surface area contributed by atoms with Gasteiger partial charge >= 0.3 is 0 Å². The van der Waals surface area contributed by atoms with Gasteiger partial charge in [-0.2, -0.15) is 0 Å². The molecule has 0 unspecified atom stereocenters. The highest BCUT2D eigenvalue weighted by atomic mass is 32.2. The molecule has 0 bridgehead atoms. The normalized spacial score (nSPS) is 11.0. The average molecular weight is 332 g/mol. The number of amides is 1. The van der Waals surface area contributed by atoms with Crippen molar-refractivity contribution < 1.29 is 13.2 Å². The zero-order valence-electron chi connectivity index (χ0n) is 13.2.